The molecule has 0 fully saturated rings. The van der Waals surface area contributed by atoms with Gasteiger partial charge >= 0.3 is 0 Å². The third kappa shape index (κ3) is 2.50. The summed E-state index contributed by atoms with van der Waals surface area (Å²) in [4.78, 5) is 0. The summed E-state index contributed by atoms with van der Waals surface area (Å²) in [5, 5.41) is 3.34. The van der Waals surface area contributed by atoms with E-state index in [1.54, 1.807) is 12.5 Å². The fraction of sp³-hybridized carbons (Fsp3) is 0.455. The Morgan fingerprint density at radius 3 is 2.93 bits per heavy atom. The second-order valence-electron chi connectivity index (χ2n) is 4.11. The van der Waals surface area contributed by atoms with Crippen LogP contribution < -0.4 is 5.32 Å². The van der Waals surface area contributed by atoms with Crippen molar-refractivity contribution in [2.45, 2.75) is 12.8 Å². The smallest absolute Gasteiger partial charge is 0.0782 e. The molecule has 0 saturated carbocycles. The fourth-order valence-electron chi connectivity index (χ4n) is 1.81. The van der Waals surface area contributed by atoms with Gasteiger partial charge in [0.05, 0.1) is 5.69 Å². The van der Waals surface area contributed by atoms with Crippen LogP contribution in [0.5, 0.6) is 0 Å². The monoisotopic (exact) mass is 224 g/mol. The van der Waals surface area contributed by atoms with E-state index in [9.17, 15) is 4.21 Å². The van der Waals surface area contributed by atoms with Gasteiger partial charge in [0.25, 0.3) is 0 Å². The van der Waals surface area contributed by atoms with Crippen LogP contribution in [0.1, 0.15) is 12.0 Å². The summed E-state index contributed by atoms with van der Waals surface area (Å²) in [5.74, 6) is 0. The van der Waals surface area contributed by atoms with Crippen molar-refractivity contribution in [2.75, 3.05) is 24.4 Å². The Kier molecular flexibility index (Phi) is 2.69. The predicted molar refractivity (Wildman–Crippen MR) is 65.3 cm³/mol. The van der Waals surface area contributed by atoms with Gasteiger partial charge in [-0.15, -0.1) is 0 Å². The fourth-order valence-corrected chi connectivity index (χ4v) is 2.46. The molecule has 0 spiro atoms. The van der Waals surface area contributed by atoms with E-state index in [0.29, 0.717) is 0 Å². The van der Waals surface area contributed by atoms with Crippen LogP contribution in [0, 0.1) is 0 Å². The van der Waals surface area contributed by atoms with Crippen LogP contribution >= 0.6 is 0 Å². The highest BCUT2D eigenvalue weighted by Gasteiger charge is 2.12. The number of benzene rings is 1. The lowest BCUT2D eigenvalue weighted by molar-refractivity contribution is 0.684. The van der Waals surface area contributed by atoms with Crippen LogP contribution in [0.25, 0.3) is 0 Å². The molecule has 3 nitrogen and oxygen atoms in total. The third-order valence-corrected chi connectivity index (χ3v) is 3.02. The van der Waals surface area contributed by atoms with E-state index < -0.39 is 9.73 Å². The maximum absolute atomic E-state index is 11.7. The molecule has 1 aliphatic rings. The first-order valence-electron chi connectivity index (χ1n) is 5.09. The summed E-state index contributed by atoms with van der Waals surface area (Å²) < 4.78 is 15.9. The number of fused-ring (bicyclic) bond motifs is 1. The first kappa shape index (κ1) is 10.5. The first-order chi connectivity index (χ1) is 7.06. The molecule has 0 unspecified atom stereocenters. The number of rotatable bonds is 1. The minimum Gasteiger partial charge on any atom is -0.385 e. The standard InChI is InChI=1S/C11H16N2OS/c1-15(2,14)13-11-7-3-6-10-9(11)5-4-8-12-10/h3,6-7,12H,4-5,8H2,1-2H3. The number of nitrogens with zero attached hydrogens (tertiary/aromatic N) is 1. The molecule has 0 aromatic heterocycles. The van der Waals surface area contributed by atoms with Gasteiger partial charge in [-0.25, -0.2) is 4.21 Å². The van der Waals surface area contributed by atoms with Gasteiger partial charge in [-0.05, 0) is 25.0 Å². The number of hydrogen-bond acceptors (Lipinski definition) is 3. The minimum atomic E-state index is -2.06. The molecule has 1 aromatic rings. The molecule has 1 aromatic carbocycles. The minimum absolute atomic E-state index is 0.884. The molecule has 15 heavy (non-hydrogen) atoms. The van der Waals surface area contributed by atoms with Gasteiger partial charge in [0, 0.05) is 40.0 Å². The second kappa shape index (κ2) is 3.85. The molecule has 1 heterocycles. The first-order valence-corrected chi connectivity index (χ1v) is 7.42. The zero-order valence-corrected chi connectivity index (χ0v) is 9.93. The van der Waals surface area contributed by atoms with E-state index in [4.69, 9.17) is 0 Å². The van der Waals surface area contributed by atoms with Crippen molar-refractivity contribution >= 4 is 21.1 Å². The molecule has 0 saturated heterocycles. The van der Waals surface area contributed by atoms with Crippen LogP contribution in [-0.4, -0.2) is 23.3 Å². The van der Waals surface area contributed by atoms with Crippen molar-refractivity contribution in [1.29, 1.82) is 0 Å². The van der Waals surface area contributed by atoms with Gasteiger partial charge in [0.2, 0.25) is 0 Å². The van der Waals surface area contributed by atoms with Crippen molar-refractivity contribution in [3.05, 3.63) is 23.8 Å². The Balaban J connectivity index is 2.54. The Hall–Kier alpha value is -1.03. The normalized spacial score (nSPS) is 15.3. The van der Waals surface area contributed by atoms with Gasteiger partial charge in [-0.3, -0.25) is 0 Å². The Bertz CT molecular complexity index is 479. The molecule has 4 heteroatoms. The summed E-state index contributed by atoms with van der Waals surface area (Å²) in [5.41, 5.74) is 3.24. The molecule has 0 aliphatic carbocycles. The largest absolute Gasteiger partial charge is 0.385 e. The van der Waals surface area contributed by atoms with E-state index in [1.807, 2.05) is 12.1 Å². The Morgan fingerprint density at radius 1 is 1.40 bits per heavy atom. The number of anilines is 1. The van der Waals surface area contributed by atoms with Crippen molar-refractivity contribution in [3.63, 3.8) is 0 Å². The van der Waals surface area contributed by atoms with Gasteiger partial charge in [-0.2, -0.15) is 4.36 Å². The summed E-state index contributed by atoms with van der Waals surface area (Å²) in [6, 6.07) is 5.96. The predicted octanol–water partition coefficient (Wildman–Crippen LogP) is 2.40. The Morgan fingerprint density at radius 2 is 2.20 bits per heavy atom. The highest BCUT2D eigenvalue weighted by Crippen LogP contribution is 2.31. The molecule has 1 aliphatic heterocycles. The van der Waals surface area contributed by atoms with E-state index >= 15 is 0 Å². The molecule has 0 amide bonds. The summed E-state index contributed by atoms with van der Waals surface area (Å²) in [6.07, 6.45) is 5.48. The van der Waals surface area contributed by atoms with Gasteiger partial charge in [0.1, 0.15) is 0 Å². The van der Waals surface area contributed by atoms with Crippen molar-refractivity contribution in [1.82, 2.24) is 0 Å². The quantitative estimate of drug-likeness (QED) is 0.796. The van der Waals surface area contributed by atoms with Gasteiger partial charge in [-0.1, -0.05) is 6.07 Å². The Labute approximate surface area is 91.1 Å². The van der Waals surface area contributed by atoms with E-state index in [1.165, 1.54) is 5.56 Å². The van der Waals surface area contributed by atoms with Crippen LogP contribution in [0.4, 0.5) is 11.4 Å². The zero-order valence-electron chi connectivity index (χ0n) is 9.12. The van der Waals surface area contributed by atoms with Crippen molar-refractivity contribution in [2.24, 2.45) is 4.36 Å². The number of hydrogen-bond donors (Lipinski definition) is 1. The van der Waals surface area contributed by atoms with E-state index in [0.717, 1.165) is 30.8 Å². The molecule has 0 radical (unpaired) electrons. The average Bonchev–Trinajstić information content (AvgIpc) is 2.16. The van der Waals surface area contributed by atoms with Gasteiger partial charge < -0.3 is 5.32 Å². The summed E-state index contributed by atoms with van der Waals surface area (Å²) in [7, 11) is -2.06. The number of nitrogens with one attached hydrogen (secondary N) is 1. The molecule has 0 atom stereocenters. The molecular weight excluding hydrogens is 208 g/mol. The molecular formula is C11H16N2OS. The maximum atomic E-state index is 11.7. The summed E-state index contributed by atoms with van der Waals surface area (Å²) in [6.45, 7) is 1.02. The lowest BCUT2D eigenvalue weighted by Crippen LogP contribution is -2.11. The highest BCUT2D eigenvalue weighted by atomic mass is 32.2. The van der Waals surface area contributed by atoms with Crippen LogP contribution in [-0.2, 0) is 16.1 Å². The second-order valence-corrected chi connectivity index (χ2v) is 6.65. The third-order valence-electron chi connectivity index (χ3n) is 2.39. The van der Waals surface area contributed by atoms with Gasteiger partial charge in [0.15, 0.2) is 0 Å². The molecule has 2 rings (SSSR count). The molecule has 0 bridgehead atoms. The lowest BCUT2D eigenvalue weighted by Gasteiger charge is -2.19. The SMILES string of the molecule is CS(C)(=O)=Nc1cccc2c1CCCN2. The van der Waals surface area contributed by atoms with Crippen molar-refractivity contribution < 1.29 is 4.21 Å². The van der Waals surface area contributed by atoms with Crippen LogP contribution in [0.2, 0.25) is 0 Å². The lowest BCUT2D eigenvalue weighted by atomic mass is 10.0. The van der Waals surface area contributed by atoms with E-state index in [-0.39, 0.29) is 0 Å². The summed E-state index contributed by atoms with van der Waals surface area (Å²) >= 11 is 0. The van der Waals surface area contributed by atoms with Crippen molar-refractivity contribution in [3.8, 4) is 0 Å². The molecule has 1 N–H and O–H groups in total. The van der Waals surface area contributed by atoms with Crippen LogP contribution in [0.3, 0.4) is 0 Å². The van der Waals surface area contributed by atoms with Crippen LogP contribution in [0.15, 0.2) is 22.6 Å². The topological polar surface area (TPSA) is 41.5 Å². The highest BCUT2D eigenvalue weighted by molar-refractivity contribution is 7.92. The zero-order chi connectivity index (χ0) is 10.9. The van der Waals surface area contributed by atoms with E-state index in [2.05, 4.69) is 15.7 Å². The maximum Gasteiger partial charge on any atom is 0.0782 e. The average molecular weight is 224 g/mol. The molecule has 82 valence electrons.